The summed E-state index contributed by atoms with van der Waals surface area (Å²) in [6.45, 7) is 11.0. The minimum absolute atomic E-state index is 0.000728. The number of fused-ring (bicyclic) bond motifs is 3. The average molecular weight is 316 g/mol. The molecule has 23 heavy (non-hydrogen) atoms. The Balaban J connectivity index is 1.98. The molecule has 2 nitrogen and oxygen atoms in total. The van der Waals surface area contributed by atoms with Gasteiger partial charge in [-0.15, -0.1) is 6.58 Å². The second kappa shape index (κ2) is 5.50. The molecule has 0 N–H and O–H groups in total. The molecule has 3 rings (SSSR count). The summed E-state index contributed by atoms with van der Waals surface area (Å²) in [5.41, 5.74) is 1.75. The summed E-state index contributed by atoms with van der Waals surface area (Å²) in [4.78, 5) is 12.5. The maximum Gasteiger partial charge on any atom is 0.311 e. The second-order valence-electron chi connectivity index (χ2n) is 8.93. The Hall–Kier alpha value is -1.05. The Bertz CT molecular complexity index is 548. The van der Waals surface area contributed by atoms with Gasteiger partial charge < -0.3 is 4.74 Å². The van der Waals surface area contributed by atoms with E-state index in [1.54, 1.807) is 12.7 Å². The minimum Gasteiger partial charge on any atom is -0.469 e. The lowest BCUT2D eigenvalue weighted by Crippen LogP contribution is -2.53. The third kappa shape index (κ3) is 2.40. The summed E-state index contributed by atoms with van der Waals surface area (Å²) in [5.74, 6) is 1.10. The Labute approximate surface area is 141 Å². The van der Waals surface area contributed by atoms with Crippen LogP contribution < -0.4 is 0 Å². The Morgan fingerprint density at radius 1 is 1.30 bits per heavy atom. The van der Waals surface area contributed by atoms with Crippen molar-refractivity contribution in [2.45, 2.75) is 65.7 Å². The van der Waals surface area contributed by atoms with Gasteiger partial charge in [-0.25, -0.2) is 0 Å². The van der Waals surface area contributed by atoms with Gasteiger partial charge in [0, 0.05) is 0 Å². The number of carbonyl (C=O) groups excluding carboxylic acids is 1. The number of ether oxygens (including phenoxy) is 1. The highest BCUT2D eigenvalue weighted by molar-refractivity contribution is 5.77. The molecule has 2 heteroatoms. The van der Waals surface area contributed by atoms with Crippen LogP contribution in [0.25, 0.3) is 0 Å². The Kier molecular flexibility index (Phi) is 4.01. The minimum atomic E-state index is -0.313. The molecule has 0 aromatic carbocycles. The van der Waals surface area contributed by atoms with Crippen molar-refractivity contribution in [3.05, 3.63) is 24.3 Å². The molecule has 0 heterocycles. The quantitative estimate of drug-likeness (QED) is 0.511. The van der Waals surface area contributed by atoms with Crippen LogP contribution in [0.1, 0.15) is 65.7 Å². The van der Waals surface area contributed by atoms with Crippen molar-refractivity contribution in [3.63, 3.8) is 0 Å². The molecule has 0 aliphatic heterocycles. The van der Waals surface area contributed by atoms with Crippen LogP contribution in [-0.4, -0.2) is 13.1 Å². The summed E-state index contributed by atoms with van der Waals surface area (Å²) < 4.78 is 5.20. The molecule has 0 amide bonds. The fraction of sp³-hybridized carbons (Fsp3) is 0.762. The molecule has 128 valence electrons. The van der Waals surface area contributed by atoms with Crippen LogP contribution in [0.15, 0.2) is 24.3 Å². The van der Waals surface area contributed by atoms with Gasteiger partial charge in [-0.05, 0) is 68.1 Å². The van der Waals surface area contributed by atoms with Crippen molar-refractivity contribution < 1.29 is 9.53 Å². The monoisotopic (exact) mass is 316 g/mol. The SMILES string of the molecule is C=C[C@@]1(C)CC=C2C(CCC3C(C)(C(=O)OC)CCCC23C)C1. The van der Waals surface area contributed by atoms with Crippen LogP contribution in [-0.2, 0) is 9.53 Å². The van der Waals surface area contributed by atoms with Crippen LogP contribution in [0, 0.1) is 28.1 Å². The molecule has 2 saturated carbocycles. The largest absolute Gasteiger partial charge is 0.469 e. The average Bonchev–Trinajstić information content (AvgIpc) is 2.53. The molecular formula is C21H32O2. The highest BCUT2D eigenvalue weighted by Gasteiger charge is 2.58. The van der Waals surface area contributed by atoms with Crippen molar-refractivity contribution in [3.8, 4) is 0 Å². The molecule has 3 aliphatic carbocycles. The molecule has 0 aromatic rings. The summed E-state index contributed by atoms with van der Waals surface area (Å²) in [5, 5.41) is 0. The first kappa shape index (κ1) is 16.8. The summed E-state index contributed by atoms with van der Waals surface area (Å²) in [6, 6.07) is 0. The highest BCUT2D eigenvalue weighted by Crippen LogP contribution is 2.63. The maximum absolute atomic E-state index is 12.5. The standard InChI is InChI=1S/C21H32O2/c1-6-19(2)13-10-16-15(14-19)8-9-17-20(16,3)11-7-12-21(17,4)18(22)23-5/h6,10,15,17H,1,7-9,11-14H2,2-5H3/t15?,17?,19-,20?,21?/m0/s1. The van der Waals surface area contributed by atoms with E-state index in [0.717, 1.165) is 25.7 Å². The highest BCUT2D eigenvalue weighted by atomic mass is 16.5. The molecule has 0 saturated heterocycles. The maximum atomic E-state index is 12.5. The van der Waals surface area contributed by atoms with Gasteiger partial charge in [0.05, 0.1) is 12.5 Å². The smallest absolute Gasteiger partial charge is 0.311 e. The van der Waals surface area contributed by atoms with E-state index in [0.29, 0.717) is 11.8 Å². The van der Waals surface area contributed by atoms with Crippen LogP contribution in [0.4, 0.5) is 0 Å². The number of hydrogen-bond donors (Lipinski definition) is 0. The molecular weight excluding hydrogens is 284 g/mol. The fourth-order valence-electron chi connectivity index (χ4n) is 6.09. The second-order valence-corrected chi connectivity index (χ2v) is 8.93. The number of carbonyl (C=O) groups is 1. The normalized spacial score (nSPS) is 46.2. The molecule has 0 radical (unpaired) electrons. The summed E-state index contributed by atoms with van der Waals surface area (Å²) >= 11 is 0. The van der Waals surface area contributed by atoms with E-state index >= 15 is 0 Å². The van der Waals surface area contributed by atoms with E-state index in [1.807, 2.05) is 0 Å². The first-order valence-corrected chi connectivity index (χ1v) is 9.22. The van der Waals surface area contributed by atoms with E-state index in [2.05, 4.69) is 39.5 Å². The van der Waals surface area contributed by atoms with Crippen molar-refractivity contribution in [2.24, 2.45) is 28.1 Å². The topological polar surface area (TPSA) is 26.3 Å². The van der Waals surface area contributed by atoms with Gasteiger partial charge in [-0.3, -0.25) is 4.79 Å². The van der Waals surface area contributed by atoms with Gasteiger partial charge in [0.25, 0.3) is 0 Å². The fourth-order valence-corrected chi connectivity index (χ4v) is 6.09. The van der Waals surface area contributed by atoms with Crippen LogP contribution in [0.3, 0.4) is 0 Å². The number of methoxy groups -OCH3 is 1. The summed E-state index contributed by atoms with van der Waals surface area (Å²) in [7, 11) is 1.54. The van der Waals surface area contributed by atoms with Gasteiger partial charge in [0.2, 0.25) is 0 Å². The van der Waals surface area contributed by atoms with E-state index < -0.39 is 0 Å². The van der Waals surface area contributed by atoms with Gasteiger partial charge >= 0.3 is 5.97 Å². The van der Waals surface area contributed by atoms with E-state index in [9.17, 15) is 4.79 Å². The lowest BCUT2D eigenvalue weighted by Gasteiger charge is -2.58. The van der Waals surface area contributed by atoms with Gasteiger partial charge in [0.15, 0.2) is 0 Å². The third-order valence-corrected chi connectivity index (χ3v) is 7.48. The molecule has 5 atom stereocenters. The van der Waals surface area contributed by atoms with E-state index in [4.69, 9.17) is 4.74 Å². The third-order valence-electron chi connectivity index (χ3n) is 7.48. The van der Waals surface area contributed by atoms with Crippen LogP contribution in [0.5, 0.6) is 0 Å². The number of allylic oxidation sites excluding steroid dienone is 3. The number of rotatable bonds is 2. The summed E-state index contributed by atoms with van der Waals surface area (Å²) in [6.07, 6.45) is 12.7. The zero-order chi connectivity index (χ0) is 16.9. The zero-order valence-corrected chi connectivity index (χ0v) is 15.3. The van der Waals surface area contributed by atoms with Gasteiger partial charge in [-0.1, -0.05) is 38.0 Å². The molecule has 0 aromatic heterocycles. The molecule has 3 aliphatic rings. The zero-order valence-electron chi connectivity index (χ0n) is 15.3. The Morgan fingerprint density at radius 2 is 2.04 bits per heavy atom. The Morgan fingerprint density at radius 3 is 2.70 bits per heavy atom. The first-order chi connectivity index (χ1) is 10.8. The lowest BCUT2D eigenvalue weighted by molar-refractivity contribution is -0.164. The van der Waals surface area contributed by atoms with E-state index in [-0.39, 0.29) is 22.2 Å². The van der Waals surface area contributed by atoms with Crippen molar-refractivity contribution in [1.29, 1.82) is 0 Å². The van der Waals surface area contributed by atoms with Crippen molar-refractivity contribution in [1.82, 2.24) is 0 Å². The van der Waals surface area contributed by atoms with Crippen molar-refractivity contribution in [2.75, 3.05) is 7.11 Å². The number of hydrogen-bond acceptors (Lipinski definition) is 2. The number of esters is 1. The molecule has 0 spiro atoms. The first-order valence-electron chi connectivity index (χ1n) is 9.22. The van der Waals surface area contributed by atoms with Crippen LogP contribution in [0.2, 0.25) is 0 Å². The molecule has 2 fully saturated rings. The van der Waals surface area contributed by atoms with Crippen LogP contribution >= 0.6 is 0 Å². The van der Waals surface area contributed by atoms with Crippen molar-refractivity contribution >= 4 is 5.97 Å². The predicted octanol–water partition coefficient (Wildman–Crippen LogP) is 5.29. The van der Waals surface area contributed by atoms with Gasteiger partial charge in [-0.2, -0.15) is 0 Å². The lowest BCUT2D eigenvalue weighted by atomic mass is 9.46. The predicted molar refractivity (Wildman–Crippen MR) is 93.9 cm³/mol. The van der Waals surface area contributed by atoms with Gasteiger partial charge in [0.1, 0.15) is 0 Å². The van der Waals surface area contributed by atoms with E-state index in [1.165, 1.54) is 19.3 Å². The molecule has 0 bridgehead atoms. The molecule has 4 unspecified atom stereocenters.